The Morgan fingerprint density at radius 1 is 1.04 bits per heavy atom. The van der Waals surface area contributed by atoms with E-state index in [-0.39, 0.29) is 18.4 Å². The number of nitrogens with one attached hydrogen (secondary N) is 1. The summed E-state index contributed by atoms with van der Waals surface area (Å²) in [4.78, 5) is 12.4. The average Bonchev–Trinajstić information content (AvgIpc) is 2.66. The van der Waals surface area contributed by atoms with Gasteiger partial charge in [-0.3, -0.25) is 4.79 Å². The molecule has 0 aromatic heterocycles. The van der Waals surface area contributed by atoms with Gasteiger partial charge in [0.2, 0.25) is 5.91 Å². The van der Waals surface area contributed by atoms with Crippen molar-refractivity contribution in [1.29, 1.82) is 5.26 Å². The molecule has 4 nitrogen and oxygen atoms in total. The van der Waals surface area contributed by atoms with Gasteiger partial charge in [-0.25, -0.2) is 0 Å². The Kier molecular flexibility index (Phi) is 3.83. The molecular weight excluding hydrogens is 312 g/mol. The average molecular weight is 328 g/mol. The van der Waals surface area contributed by atoms with Crippen LogP contribution in [-0.4, -0.2) is 12.5 Å². The molecule has 1 aliphatic rings. The number of para-hydroxylation sites is 1. The molecule has 0 saturated carbocycles. The maximum Gasteiger partial charge on any atom is 0.225 e. The molecule has 1 amide bonds. The molecule has 0 fully saturated rings. The van der Waals surface area contributed by atoms with Crippen LogP contribution in [0.1, 0.15) is 23.5 Å². The van der Waals surface area contributed by atoms with Gasteiger partial charge in [-0.05, 0) is 17.0 Å². The molecule has 4 heteroatoms. The Morgan fingerprint density at radius 2 is 1.84 bits per heavy atom. The lowest BCUT2D eigenvalue weighted by Gasteiger charge is -2.28. The summed E-state index contributed by atoms with van der Waals surface area (Å²) < 4.78 is 5.58. The zero-order chi connectivity index (χ0) is 17.2. The number of benzene rings is 3. The molecule has 122 valence electrons. The summed E-state index contributed by atoms with van der Waals surface area (Å²) in [7, 11) is 0. The van der Waals surface area contributed by atoms with Crippen LogP contribution in [0.15, 0.2) is 60.7 Å². The van der Waals surface area contributed by atoms with Crippen molar-refractivity contribution in [1.82, 2.24) is 0 Å². The molecule has 0 bridgehead atoms. The summed E-state index contributed by atoms with van der Waals surface area (Å²) in [5.74, 6) is 0.551. The molecule has 0 radical (unpaired) electrons. The molecule has 1 atom stereocenters. The van der Waals surface area contributed by atoms with Crippen molar-refractivity contribution in [3.05, 3.63) is 71.8 Å². The van der Waals surface area contributed by atoms with Crippen LogP contribution in [0.2, 0.25) is 0 Å². The Balaban J connectivity index is 1.88. The first-order valence-electron chi connectivity index (χ1n) is 8.18. The van der Waals surface area contributed by atoms with Crippen molar-refractivity contribution >= 4 is 22.4 Å². The van der Waals surface area contributed by atoms with E-state index < -0.39 is 0 Å². The van der Waals surface area contributed by atoms with Crippen LogP contribution in [0.3, 0.4) is 0 Å². The van der Waals surface area contributed by atoms with Crippen LogP contribution in [0, 0.1) is 11.3 Å². The normalized spacial score (nSPS) is 16.0. The number of carbonyl (C=O) groups excluding carboxylic acids is 1. The van der Waals surface area contributed by atoms with Gasteiger partial charge in [-0.2, -0.15) is 5.26 Å². The van der Waals surface area contributed by atoms with E-state index >= 15 is 0 Å². The number of rotatable bonds is 3. The second-order valence-corrected chi connectivity index (χ2v) is 6.04. The fourth-order valence-electron chi connectivity index (χ4n) is 3.49. The molecule has 0 aliphatic carbocycles. The van der Waals surface area contributed by atoms with E-state index in [0.29, 0.717) is 12.2 Å². The molecule has 3 aromatic carbocycles. The Hall–Kier alpha value is -3.32. The predicted molar refractivity (Wildman–Crippen MR) is 96.6 cm³/mol. The van der Waals surface area contributed by atoms with Crippen LogP contribution in [-0.2, 0) is 4.79 Å². The lowest BCUT2D eigenvalue weighted by Crippen LogP contribution is -2.24. The molecule has 1 aliphatic heterocycles. The summed E-state index contributed by atoms with van der Waals surface area (Å²) in [6.45, 7) is -0.0134. The van der Waals surface area contributed by atoms with Crippen molar-refractivity contribution in [2.24, 2.45) is 0 Å². The lowest BCUT2D eigenvalue weighted by atomic mass is 9.83. The third-order valence-electron chi connectivity index (χ3n) is 4.58. The molecule has 3 aromatic rings. The summed E-state index contributed by atoms with van der Waals surface area (Å²) in [6.07, 6.45) is 0.359. The number of hydrogen-bond acceptors (Lipinski definition) is 3. The molecule has 4 rings (SSSR count). The zero-order valence-corrected chi connectivity index (χ0v) is 13.5. The molecule has 0 saturated heterocycles. The Labute approximate surface area is 145 Å². The van der Waals surface area contributed by atoms with E-state index in [0.717, 1.165) is 27.6 Å². The highest BCUT2D eigenvalue weighted by atomic mass is 16.5. The number of nitriles is 1. The second-order valence-electron chi connectivity index (χ2n) is 6.04. The molecule has 1 heterocycles. The number of amides is 1. The Bertz CT molecular complexity index is 1000. The van der Waals surface area contributed by atoms with E-state index in [2.05, 4.69) is 17.4 Å². The number of fused-ring (bicyclic) bond motifs is 3. The van der Waals surface area contributed by atoms with Crippen molar-refractivity contribution in [2.75, 3.05) is 11.9 Å². The maximum atomic E-state index is 12.4. The highest BCUT2D eigenvalue weighted by Crippen LogP contribution is 2.43. The van der Waals surface area contributed by atoms with E-state index in [1.807, 2.05) is 54.6 Å². The van der Waals surface area contributed by atoms with E-state index in [1.54, 1.807) is 0 Å². The predicted octanol–water partition coefficient (Wildman–Crippen LogP) is 4.22. The van der Waals surface area contributed by atoms with Crippen LogP contribution in [0.5, 0.6) is 5.75 Å². The first-order valence-corrected chi connectivity index (χ1v) is 8.18. The number of carbonyl (C=O) groups is 1. The lowest BCUT2D eigenvalue weighted by molar-refractivity contribution is -0.116. The smallest absolute Gasteiger partial charge is 0.225 e. The fourth-order valence-corrected chi connectivity index (χ4v) is 3.49. The summed E-state index contributed by atoms with van der Waals surface area (Å²) >= 11 is 0. The largest absolute Gasteiger partial charge is 0.478 e. The second kappa shape index (κ2) is 6.29. The highest BCUT2D eigenvalue weighted by molar-refractivity contribution is 6.06. The first kappa shape index (κ1) is 15.2. The van der Waals surface area contributed by atoms with E-state index in [9.17, 15) is 4.79 Å². The monoisotopic (exact) mass is 328 g/mol. The molecule has 25 heavy (non-hydrogen) atoms. The summed E-state index contributed by atoms with van der Waals surface area (Å²) in [5, 5.41) is 14.0. The minimum Gasteiger partial charge on any atom is -0.478 e. The first-order chi connectivity index (χ1) is 12.3. The van der Waals surface area contributed by atoms with Gasteiger partial charge < -0.3 is 10.1 Å². The van der Waals surface area contributed by atoms with Crippen LogP contribution >= 0.6 is 0 Å². The van der Waals surface area contributed by atoms with Crippen LogP contribution < -0.4 is 10.1 Å². The van der Waals surface area contributed by atoms with E-state index in [4.69, 9.17) is 10.00 Å². The van der Waals surface area contributed by atoms with Crippen molar-refractivity contribution < 1.29 is 9.53 Å². The molecule has 0 unspecified atom stereocenters. The maximum absolute atomic E-state index is 12.4. The van der Waals surface area contributed by atoms with Gasteiger partial charge in [0.15, 0.2) is 6.61 Å². The topological polar surface area (TPSA) is 62.1 Å². The van der Waals surface area contributed by atoms with Crippen molar-refractivity contribution in [3.8, 4) is 11.8 Å². The zero-order valence-electron chi connectivity index (χ0n) is 13.5. The summed E-state index contributed by atoms with van der Waals surface area (Å²) in [6, 6.07) is 21.8. The van der Waals surface area contributed by atoms with Crippen LogP contribution in [0.4, 0.5) is 5.69 Å². The summed E-state index contributed by atoms with van der Waals surface area (Å²) in [5.41, 5.74) is 2.88. The van der Waals surface area contributed by atoms with Crippen molar-refractivity contribution in [2.45, 2.75) is 12.3 Å². The van der Waals surface area contributed by atoms with Gasteiger partial charge in [0.05, 0.1) is 5.69 Å². The van der Waals surface area contributed by atoms with Crippen molar-refractivity contribution in [3.63, 3.8) is 0 Å². The van der Waals surface area contributed by atoms with Crippen LogP contribution in [0.25, 0.3) is 10.8 Å². The van der Waals surface area contributed by atoms with Gasteiger partial charge >= 0.3 is 0 Å². The third-order valence-corrected chi connectivity index (χ3v) is 4.58. The van der Waals surface area contributed by atoms with Gasteiger partial charge in [0.1, 0.15) is 11.8 Å². The van der Waals surface area contributed by atoms with Gasteiger partial charge in [-0.1, -0.05) is 54.6 Å². The van der Waals surface area contributed by atoms with E-state index in [1.165, 1.54) is 0 Å². The third kappa shape index (κ3) is 2.70. The molecular formula is C21H16N2O2. The minimum atomic E-state index is -0.0942. The standard InChI is InChI=1S/C21H16N2O2/c22-11-12-25-19-8-4-3-7-16(19)18-13-20(24)23-21-15-6-2-1-5-14(15)9-10-17(18)21/h1-10,18H,12-13H2,(H,23,24)/t18-/m1/s1. The van der Waals surface area contributed by atoms with Gasteiger partial charge in [0.25, 0.3) is 0 Å². The molecule has 1 N–H and O–H groups in total. The number of nitrogens with zero attached hydrogens (tertiary/aromatic N) is 1. The quantitative estimate of drug-likeness (QED) is 0.783. The number of hydrogen-bond donors (Lipinski definition) is 1. The van der Waals surface area contributed by atoms with Gasteiger partial charge in [-0.15, -0.1) is 0 Å². The molecule has 0 spiro atoms. The minimum absolute atomic E-state index is 0.0102. The number of ether oxygens (including phenoxy) is 1. The SMILES string of the molecule is N#CCOc1ccccc1[C@H]1CC(=O)Nc2c1ccc1ccccc21. The Morgan fingerprint density at radius 3 is 2.72 bits per heavy atom. The van der Waals surface area contributed by atoms with Gasteiger partial charge in [0, 0.05) is 23.3 Å². The number of anilines is 1. The fraction of sp³-hybridized carbons (Fsp3) is 0.143. The highest BCUT2D eigenvalue weighted by Gasteiger charge is 2.29.